The van der Waals surface area contributed by atoms with Crippen LogP contribution in [0.3, 0.4) is 0 Å². The van der Waals surface area contributed by atoms with E-state index < -0.39 is 9.84 Å². The Kier molecular flexibility index (Phi) is 3.69. The van der Waals surface area contributed by atoms with Gasteiger partial charge in [-0.25, -0.2) is 13.4 Å². The van der Waals surface area contributed by atoms with Crippen LogP contribution in [0.1, 0.15) is 25.7 Å². The number of nitrogens with one attached hydrogen (secondary N) is 1. The van der Waals surface area contributed by atoms with Crippen LogP contribution in [0.4, 0.5) is 5.82 Å². The van der Waals surface area contributed by atoms with Gasteiger partial charge in [0, 0.05) is 31.1 Å². The molecule has 2 atom stereocenters. The molecule has 1 aromatic heterocycles. The molecule has 0 aromatic carbocycles. The van der Waals surface area contributed by atoms with Crippen LogP contribution in [-0.4, -0.2) is 49.7 Å². The number of hydrogen-bond donors (Lipinski definition) is 1. The Labute approximate surface area is 120 Å². The first-order chi connectivity index (χ1) is 9.55. The Morgan fingerprint density at radius 3 is 2.95 bits per heavy atom. The molecule has 0 saturated carbocycles. The van der Waals surface area contributed by atoms with Gasteiger partial charge in [-0.15, -0.1) is 0 Å². The molecule has 3 rings (SSSR count). The first-order valence-electron chi connectivity index (χ1n) is 7.21. The molecule has 0 aliphatic carbocycles. The second-order valence-corrected chi connectivity index (χ2v) is 7.75. The van der Waals surface area contributed by atoms with Crippen molar-refractivity contribution in [1.82, 2.24) is 9.88 Å². The van der Waals surface area contributed by atoms with Crippen LogP contribution in [0.15, 0.2) is 23.2 Å². The number of piperidine rings is 1. The third-order valence-electron chi connectivity index (χ3n) is 4.35. The lowest BCUT2D eigenvalue weighted by Crippen LogP contribution is -2.42. The molecule has 0 amide bonds. The molecule has 0 radical (unpaired) electrons. The van der Waals surface area contributed by atoms with Gasteiger partial charge in [0.1, 0.15) is 10.7 Å². The maximum Gasteiger partial charge on any atom is 0.179 e. The number of nitrogens with zero attached hydrogens (tertiary/aromatic N) is 2. The summed E-state index contributed by atoms with van der Waals surface area (Å²) in [5.41, 5.74) is 0. The Balaban J connectivity index is 1.82. The molecule has 2 fully saturated rings. The van der Waals surface area contributed by atoms with E-state index in [1.165, 1.54) is 32.1 Å². The third-order valence-corrected chi connectivity index (χ3v) is 5.48. The maximum absolute atomic E-state index is 11.8. The van der Waals surface area contributed by atoms with Crippen molar-refractivity contribution in [2.75, 3.05) is 24.7 Å². The highest BCUT2D eigenvalue weighted by molar-refractivity contribution is 7.90. The summed E-state index contributed by atoms with van der Waals surface area (Å²) in [6, 6.07) is 4.13. The lowest BCUT2D eigenvalue weighted by Gasteiger charge is -2.32. The quantitative estimate of drug-likeness (QED) is 0.916. The van der Waals surface area contributed by atoms with E-state index in [2.05, 4.69) is 15.2 Å². The van der Waals surface area contributed by atoms with Gasteiger partial charge in [0.05, 0.1) is 0 Å². The van der Waals surface area contributed by atoms with E-state index in [4.69, 9.17) is 0 Å². The molecule has 20 heavy (non-hydrogen) atoms. The molecule has 2 saturated heterocycles. The van der Waals surface area contributed by atoms with Gasteiger partial charge in [0.15, 0.2) is 9.84 Å². The van der Waals surface area contributed by atoms with Gasteiger partial charge in [-0.3, -0.25) is 4.90 Å². The summed E-state index contributed by atoms with van der Waals surface area (Å²) in [5.74, 6) is 0.507. The van der Waals surface area contributed by atoms with Crippen LogP contribution >= 0.6 is 0 Å². The highest BCUT2D eigenvalue weighted by Crippen LogP contribution is 2.30. The summed E-state index contributed by atoms with van der Waals surface area (Å²) in [6.07, 6.45) is 7.67. The standard InChI is InChI=1S/C14H21N3O2S/c1-20(18,19)13-6-4-8-15-14(13)16-11-7-10-17-9-3-2-5-12(11)17/h4,6,8,11-12H,2-3,5,7,9-10H2,1H3,(H,15,16). The molecule has 0 spiro atoms. The Morgan fingerprint density at radius 2 is 2.15 bits per heavy atom. The summed E-state index contributed by atoms with van der Waals surface area (Å²) in [5, 5.41) is 3.38. The van der Waals surface area contributed by atoms with Crippen LogP contribution in [0.5, 0.6) is 0 Å². The SMILES string of the molecule is CS(=O)(=O)c1cccnc1NC1CCN2CCCCC12. The van der Waals surface area contributed by atoms with Crippen LogP contribution in [-0.2, 0) is 9.84 Å². The lowest BCUT2D eigenvalue weighted by molar-refractivity contribution is 0.192. The molecule has 0 bridgehead atoms. The second kappa shape index (κ2) is 5.33. The average molecular weight is 295 g/mol. The van der Waals surface area contributed by atoms with Crippen LogP contribution in [0.25, 0.3) is 0 Å². The fourth-order valence-electron chi connectivity index (χ4n) is 3.39. The number of sulfone groups is 1. The number of aromatic nitrogens is 1. The van der Waals surface area contributed by atoms with Gasteiger partial charge in [-0.05, 0) is 37.9 Å². The number of rotatable bonds is 3. The Hall–Kier alpha value is -1.14. The molecule has 3 heterocycles. The van der Waals surface area contributed by atoms with E-state index in [9.17, 15) is 8.42 Å². The van der Waals surface area contributed by atoms with Crippen LogP contribution in [0.2, 0.25) is 0 Å². The summed E-state index contributed by atoms with van der Waals surface area (Å²) in [4.78, 5) is 7.06. The fraction of sp³-hybridized carbons (Fsp3) is 0.643. The van der Waals surface area contributed by atoms with Gasteiger partial charge >= 0.3 is 0 Å². The van der Waals surface area contributed by atoms with E-state index in [1.54, 1.807) is 18.3 Å². The molecule has 1 N–H and O–H groups in total. The molecule has 1 aromatic rings. The van der Waals surface area contributed by atoms with Crippen molar-refractivity contribution < 1.29 is 8.42 Å². The molecule has 2 aliphatic heterocycles. The van der Waals surface area contributed by atoms with Gasteiger partial charge in [0.2, 0.25) is 0 Å². The van der Waals surface area contributed by atoms with Crippen LogP contribution < -0.4 is 5.32 Å². The zero-order valence-electron chi connectivity index (χ0n) is 11.7. The number of hydrogen-bond acceptors (Lipinski definition) is 5. The summed E-state index contributed by atoms with van der Waals surface area (Å²) in [6.45, 7) is 2.27. The van der Waals surface area contributed by atoms with Gasteiger partial charge in [0.25, 0.3) is 0 Å². The first-order valence-corrected chi connectivity index (χ1v) is 9.10. The Morgan fingerprint density at radius 1 is 1.30 bits per heavy atom. The van der Waals surface area contributed by atoms with Crippen molar-refractivity contribution in [3.63, 3.8) is 0 Å². The van der Waals surface area contributed by atoms with E-state index in [0.717, 1.165) is 13.0 Å². The second-order valence-electron chi connectivity index (χ2n) is 5.76. The zero-order chi connectivity index (χ0) is 14.2. The number of fused-ring (bicyclic) bond motifs is 1. The molecule has 5 nitrogen and oxygen atoms in total. The molecular weight excluding hydrogens is 274 g/mol. The van der Waals surface area contributed by atoms with E-state index in [-0.39, 0.29) is 0 Å². The normalized spacial score (nSPS) is 27.2. The van der Waals surface area contributed by atoms with Crippen molar-refractivity contribution in [2.24, 2.45) is 0 Å². The monoisotopic (exact) mass is 295 g/mol. The first kappa shape index (κ1) is 13.8. The average Bonchev–Trinajstić information content (AvgIpc) is 2.82. The minimum atomic E-state index is -3.24. The number of pyridine rings is 1. The van der Waals surface area contributed by atoms with E-state index in [1.807, 2.05) is 0 Å². The fourth-order valence-corrected chi connectivity index (χ4v) is 4.18. The van der Waals surface area contributed by atoms with E-state index >= 15 is 0 Å². The van der Waals surface area contributed by atoms with Crippen LogP contribution in [0, 0.1) is 0 Å². The summed E-state index contributed by atoms with van der Waals surface area (Å²) < 4.78 is 23.6. The molecular formula is C14H21N3O2S. The molecule has 2 unspecified atom stereocenters. The molecule has 110 valence electrons. The predicted molar refractivity (Wildman–Crippen MR) is 78.6 cm³/mol. The topological polar surface area (TPSA) is 62.3 Å². The minimum absolute atomic E-state index is 0.300. The smallest absolute Gasteiger partial charge is 0.179 e. The van der Waals surface area contributed by atoms with Gasteiger partial charge in [-0.2, -0.15) is 0 Å². The van der Waals surface area contributed by atoms with Crippen molar-refractivity contribution in [3.8, 4) is 0 Å². The highest BCUT2D eigenvalue weighted by Gasteiger charge is 2.36. The molecule has 6 heteroatoms. The maximum atomic E-state index is 11.8. The Bertz CT molecular complexity index is 588. The van der Waals surface area contributed by atoms with Gasteiger partial charge in [-0.1, -0.05) is 6.42 Å². The summed E-state index contributed by atoms with van der Waals surface area (Å²) >= 11 is 0. The third kappa shape index (κ3) is 2.67. The largest absolute Gasteiger partial charge is 0.365 e. The van der Waals surface area contributed by atoms with Crippen molar-refractivity contribution in [1.29, 1.82) is 0 Å². The highest BCUT2D eigenvalue weighted by atomic mass is 32.2. The van der Waals surface area contributed by atoms with Crippen molar-refractivity contribution in [3.05, 3.63) is 18.3 Å². The van der Waals surface area contributed by atoms with E-state index in [0.29, 0.717) is 22.8 Å². The number of anilines is 1. The van der Waals surface area contributed by atoms with Gasteiger partial charge < -0.3 is 5.32 Å². The van der Waals surface area contributed by atoms with Crippen molar-refractivity contribution >= 4 is 15.7 Å². The van der Waals surface area contributed by atoms with Crippen molar-refractivity contribution in [2.45, 2.75) is 42.7 Å². The lowest BCUT2D eigenvalue weighted by atomic mass is 9.99. The molecule has 2 aliphatic rings. The minimum Gasteiger partial charge on any atom is -0.365 e. The zero-order valence-corrected chi connectivity index (χ0v) is 12.6. The predicted octanol–water partition coefficient (Wildman–Crippen LogP) is 1.52. The summed E-state index contributed by atoms with van der Waals surface area (Å²) in [7, 11) is -3.24.